The molecule has 4 nitrogen and oxygen atoms in total. The summed E-state index contributed by atoms with van der Waals surface area (Å²) >= 11 is 0. The molecule has 0 bridgehead atoms. The van der Waals surface area contributed by atoms with Crippen molar-refractivity contribution >= 4 is 17.4 Å². The lowest BCUT2D eigenvalue weighted by atomic mass is 10.1. The SMILES string of the molecule is Cc1cccc(C)c1NC(=O)CCN1CCN=C1C1CCCC1. The van der Waals surface area contributed by atoms with Crippen molar-refractivity contribution in [2.24, 2.45) is 10.9 Å². The molecule has 4 heteroatoms. The average Bonchev–Trinajstić information content (AvgIpc) is 3.19. The molecule has 23 heavy (non-hydrogen) atoms. The molecule has 1 fully saturated rings. The number of aliphatic imine (C=N–C) groups is 1. The van der Waals surface area contributed by atoms with Crippen molar-refractivity contribution in [3.05, 3.63) is 29.3 Å². The molecule has 1 heterocycles. The van der Waals surface area contributed by atoms with Crippen LogP contribution in [0.2, 0.25) is 0 Å². The largest absolute Gasteiger partial charge is 0.358 e. The van der Waals surface area contributed by atoms with Crippen LogP contribution in [0.4, 0.5) is 5.69 Å². The Hall–Kier alpha value is -1.84. The smallest absolute Gasteiger partial charge is 0.226 e. The summed E-state index contributed by atoms with van der Waals surface area (Å²) in [6, 6.07) is 6.09. The van der Waals surface area contributed by atoms with Gasteiger partial charge in [-0.1, -0.05) is 31.0 Å². The number of carbonyl (C=O) groups is 1. The van der Waals surface area contributed by atoms with Crippen molar-refractivity contribution in [1.29, 1.82) is 0 Å². The summed E-state index contributed by atoms with van der Waals surface area (Å²) < 4.78 is 0. The van der Waals surface area contributed by atoms with Gasteiger partial charge in [0.15, 0.2) is 0 Å². The fourth-order valence-electron chi connectivity index (χ4n) is 3.75. The molecule has 2 aliphatic rings. The Labute approximate surface area is 139 Å². The number of nitrogens with zero attached hydrogens (tertiary/aromatic N) is 2. The predicted octanol–water partition coefficient (Wildman–Crippen LogP) is 3.54. The van der Waals surface area contributed by atoms with E-state index in [2.05, 4.69) is 10.2 Å². The second kappa shape index (κ2) is 7.16. The number of carbonyl (C=O) groups excluding carboxylic acids is 1. The quantitative estimate of drug-likeness (QED) is 0.903. The van der Waals surface area contributed by atoms with E-state index in [0.29, 0.717) is 12.3 Å². The summed E-state index contributed by atoms with van der Waals surface area (Å²) in [5.41, 5.74) is 3.20. The fraction of sp³-hybridized carbons (Fsp3) is 0.579. The van der Waals surface area contributed by atoms with Crippen LogP contribution in [0.5, 0.6) is 0 Å². The Balaban J connectivity index is 1.54. The molecule has 1 amide bonds. The van der Waals surface area contributed by atoms with Gasteiger partial charge in [0.2, 0.25) is 5.91 Å². The topological polar surface area (TPSA) is 44.7 Å². The zero-order valence-electron chi connectivity index (χ0n) is 14.3. The van der Waals surface area contributed by atoms with Crippen LogP contribution in [-0.4, -0.2) is 36.3 Å². The van der Waals surface area contributed by atoms with Gasteiger partial charge < -0.3 is 10.2 Å². The van der Waals surface area contributed by atoms with Crippen molar-refractivity contribution in [3.63, 3.8) is 0 Å². The maximum absolute atomic E-state index is 12.3. The summed E-state index contributed by atoms with van der Waals surface area (Å²) in [6.07, 6.45) is 5.71. The van der Waals surface area contributed by atoms with E-state index in [1.165, 1.54) is 31.5 Å². The van der Waals surface area contributed by atoms with Crippen molar-refractivity contribution in [2.45, 2.75) is 46.0 Å². The van der Waals surface area contributed by atoms with Crippen LogP contribution in [0, 0.1) is 19.8 Å². The number of hydrogen-bond acceptors (Lipinski definition) is 3. The minimum Gasteiger partial charge on any atom is -0.358 e. The van der Waals surface area contributed by atoms with E-state index in [1.54, 1.807) is 0 Å². The molecule has 0 spiro atoms. The van der Waals surface area contributed by atoms with Gasteiger partial charge in [-0.2, -0.15) is 0 Å². The van der Waals surface area contributed by atoms with Gasteiger partial charge in [-0.05, 0) is 37.8 Å². The van der Waals surface area contributed by atoms with Crippen molar-refractivity contribution in [1.82, 2.24) is 4.90 Å². The van der Waals surface area contributed by atoms with Crippen LogP contribution in [0.3, 0.4) is 0 Å². The molecule has 0 unspecified atom stereocenters. The van der Waals surface area contributed by atoms with Crippen molar-refractivity contribution < 1.29 is 4.79 Å². The number of para-hydroxylation sites is 1. The van der Waals surface area contributed by atoms with E-state index >= 15 is 0 Å². The number of anilines is 1. The Morgan fingerprint density at radius 3 is 2.65 bits per heavy atom. The summed E-state index contributed by atoms with van der Waals surface area (Å²) in [7, 11) is 0. The number of nitrogens with one attached hydrogen (secondary N) is 1. The van der Waals surface area contributed by atoms with Crippen molar-refractivity contribution in [2.75, 3.05) is 25.0 Å². The zero-order valence-corrected chi connectivity index (χ0v) is 14.3. The molecule has 0 saturated heterocycles. The Morgan fingerprint density at radius 2 is 1.96 bits per heavy atom. The average molecular weight is 313 g/mol. The van der Waals surface area contributed by atoms with E-state index < -0.39 is 0 Å². The lowest BCUT2D eigenvalue weighted by Gasteiger charge is -2.24. The van der Waals surface area contributed by atoms with Gasteiger partial charge in [-0.25, -0.2) is 0 Å². The highest BCUT2D eigenvalue weighted by Crippen LogP contribution is 2.29. The highest BCUT2D eigenvalue weighted by Gasteiger charge is 2.28. The summed E-state index contributed by atoms with van der Waals surface area (Å²) in [4.78, 5) is 19.4. The summed E-state index contributed by atoms with van der Waals surface area (Å²) in [6.45, 7) is 6.72. The monoisotopic (exact) mass is 313 g/mol. The standard InChI is InChI=1S/C19H27N3O/c1-14-6-5-7-15(2)18(14)21-17(23)10-12-22-13-11-20-19(22)16-8-3-4-9-16/h5-7,16H,3-4,8-13H2,1-2H3,(H,21,23). The van der Waals surface area contributed by atoms with E-state index in [0.717, 1.165) is 36.4 Å². The number of amidine groups is 1. The van der Waals surface area contributed by atoms with Crippen LogP contribution in [0.1, 0.15) is 43.2 Å². The van der Waals surface area contributed by atoms with E-state index in [1.807, 2.05) is 32.0 Å². The third-order valence-corrected chi connectivity index (χ3v) is 5.04. The molecule has 124 valence electrons. The number of rotatable bonds is 5. The molecular formula is C19H27N3O. The highest BCUT2D eigenvalue weighted by atomic mass is 16.1. The zero-order chi connectivity index (χ0) is 16.2. The van der Waals surface area contributed by atoms with Crippen LogP contribution in [0.25, 0.3) is 0 Å². The maximum atomic E-state index is 12.3. The summed E-state index contributed by atoms with van der Waals surface area (Å²) in [5.74, 6) is 2.00. The van der Waals surface area contributed by atoms with Gasteiger partial charge in [0, 0.05) is 31.1 Å². The first-order chi connectivity index (χ1) is 11.1. The molecule has 0 atom stereocenters. The first-order valence-corrected chi connectivity index (χ1v) is 8.80. The number of amides is 1. The molecule has 1 aliphatic heterocycles. The second-order valence-corrected chi connectivity index (χ2v) is 6.77. The fourth-order valence-corrected chi connectivity index (χ4v) is 3.75. The molecule has 0 radical (unpaired) electrons. The molecule has 0 aromatic heterocycles. The Kier molecular flexibility index (Phi) is 4.99. The normalized spacial score (nSPS) is 18.3. The lowest BCUT2D eigenvalue weighted by Crippen LogP contribution is -2.34. The third-order valence-electron chi connectivity index (χ3n) is 5.04. The number of hydrogen-bond donors (Lipinski definition) is 1. The van der Waals surface area contributed by atoms with Crippen LogP contribution < -0.4 is 5.32 Å². The lowest BCUT2D eigenvalue weighted by molar-refractivity contribution is -0.116. The van der Waals surface area contributed by atoms with Gasteiger partial charge in [0.05, 0.1) is 6.54 Å². The van der Waals surface area contributed by atoms with Crippen LogP contribution in [-0.2, 0) is 4.79 Å². The first-order valence-electron chi connectivity index (χ1n) is 8.80. The second-order valence-electron chi connectivity index (χ2n) is 6.77. The molecule has 1 N–H and O–H groups in total. The molecule has 1 aromatic carbocycles. The molecule has 1 aliphatic carbocycles. The van der Waals surface area contributed by atoms with Crippen LogP contribution >= 0.6 is 0 Å². The Bertz CT molecular complexity index is 582. The molecule has 1 aromatic rings. The minimum atomic E-state index is 0.0973. The predicted molar refractivity (Wildman–Crippen MR) is 95.0 cm³/mol. The van der Waals surface area contributed by atoms with E-state index in [4.69, 9.17) is 4.99 Å². The third kappa shape index (κ3) is 3.74. The first kappa shape index (κ1) is 16.0. The van der Waals surface area contributed by atoms with Gasteiger partial charge >= 0.3 is 0 Å². The molecule has 1 saturated carbocycles. The minimum absolute atomic E-state index is 0.0973. The highest BCUT2D eigenvalue weighted by molar-refractivity contribution is 5.93. The van der Waals surface area contributed by atoms with Gasteiger partial charge in [0.1, 0.15) is 5.84 Å². The van der Waals surface area contributed by atoms with Crippen molar-refractivity contribution in [3.8, 4) is 0 Å². The maximum Gasteiger partial charge on any atom is 0.226 e. The van der Waals surface area contributed by atoms with Gasteiger partial charge in [-0.15, -0.1) is 0 Å². The van der Waals surface area contributed by atoms with Gasteiger partial charge in [0.25, 0.3) is 0 Å². The Morgan fingerprint density at radius 1 is 1.26 bits per heavy atom. The van der Waals surface area contributed by atoms with Gasteiger partial charge in [-0.3, -0.25) is 9.79 Å². The number of benzene rings is 1. The molecular weight excluding hydrogens is 286 g/mol. The van der Waals surface area contributed by atoms with E-state index in [-0.39, 0.29) is 5.91 Å². The molecule has 3 rings (SSSR count). The summed E-state index contributed by atoms with van der Waals surface area (Å²) in [5, 5.41) is 3.08. The van der Waals surface area contributed by atoms with E-state index in [9.17, 15) is 4.79 Å². The van der Waals surface area contributed by atoms with Crippen LogP contribution in [0.15, 0.2) is 23.2 Å². The number of aryl methyl sites for hydroxylation is 2.